The molecule has 5 heteroatoms. The van der Waals surface area contributed by atoms with Crippen LogP contribution in [0.1, 0.15) is 25.7 Å². The lowest BCUT2D eigenvalue weighted by molar-refractivity contribution is 0.157. The minimum Gasteiger partial charge on any atom is -0.309 e. The Kier molecular flexibility index (Phi) is 7.11. The van der Waals surface area contributed by atoms with Gasteiger partial charge in [-0.05, 0) is 67.0 Å². The van der Waals surface area contributed by atoms with Gasteiger partial charge >= 0.3 is 0 Å². The first-order valence-electron chi connectivity index (χ1n) is 7.04. The predicted molar refractivity (Wildman–Crippen MR) is 77.4 cm³/mol. The van der Waals surface area contributed by atoms with E-state index in [4.69, 9.17) is 0 Å². The zero-order valence-electron chi connectivity index (χ0n) is 12.6. The van der Waals surface area contributed by atoms with Gasteiger partial charge in [-0.15, -0.1) is 0 Å². The van der Waals surface area contributed by atoms with Gasteiger partial charge in [0.1, 0.15) is 0 Å². The van der Waals surface area contributed by atoms with Crippen LogP contribution in [0.4, 0.5) is 0 Å². The van der Waals surface area contributed by atoms with Crippen molar-refractivity contribution in [1.29, 1.82) is 0 Å². The summed E-state index contributed by atoms with van der Waals surface area (Å²) in [5.41, 5.74) is 0.136. The molecule has 0 bridgehead atoms. The van der Waals surface area contributed by atoms with Crippen LogP contribution in [0.2, 0.25) is 0 Å². The van der Waals surface area contributed by atoms with E-state index in [1.165, 1.54) is 25.7 Å². The van der Waals surface area contributed by atoms with Gasteiger partial charge < -0.3 is 9.80 Å². The van der Waals surface area contributed by atoms with Crippen molar-refractivity contribution in [2.75, 3.05) is 54.6 Å². The maximum atomic E-state index is 3.62. The second-order valence-electron chi connectivity index (χ2n) is 5.85. The summed E-state index contributed by atoms with van der Waals surface area (Å²) in [5.74, 6) is 0. The lowest BCUT2D eigenvalue weighted by Crippen LogP contribution is -2.66. The summed E-state index contributed by atoms with van der Waals surface area (Å²) in [4.78, 5) is 4.52. The number of nitrogens with zero attached hydrogens (tertiary/aromatic N) is 2. The van der Waals surface area contributed by atoms with Crippen LogP contribution in [0.25, 0.3) is 0 Å². The molecule has 0 aliphatic carbocycles. The molecule has 0 aromatic carbocycles. The lowest BCUT2D eigenvalue weighted by Gasteiger charge is -2.40. The molecule has 1 fully saturated rings. The van der Waals surface area contributed by atoms with E-state index < -0.39 is 0 Å². The molecule has 1 aliphatic heterocycles. The average molecular weight is 257 g/mol. The molecule has 0 aromatic heterocycles. The van der Waals surface area contributed by atoms with Crippen LogP contribution in [-0.4, -0.2) is 70.1 Å². The van der Waals surface area contributed by atoms with E-state index in [9.17, 15) is 0 Å². The van der Waals surface area contributed by atoms with Crippen molar-refractivity contribution in [1.82, 2.24) is 25.8 Å². The molecule has 0 radical (unpaired) electrons. The summed E-state index contributed by atoms with van der Waals surface area (Å²) in [5, 5.41) is 10.5. The molecule has 18 heavy (non-hydrogen) atoms. The Morgan fingerprint density at radius 1 is 0.833 bits per heavy atom. The SMILES string of the molecule is CN(C)CCCC1(CCCN(C)C)NCNCN1. The maximum absolute atomic E-state index is 3.62. The number of hydrogen-bond donors (Lipinski definition) is 3. The molecule has 1 aliphatic rings. The molecule has 5 nitrogen and oxygen atoms in total. The largest absolute Gasteiger partial charge is 0.309 e. The molecule has 0 unspecified atom stereocenters. The Balaban J connectivity index is 2.36. The van der Waals surface area contributed by atoms with Crippen LogP contribution >= 0.6 is 0 Å². The number of nitrogens with one attached hydrogen (secondary N) is 3. The van der Waals surface area contributed by atoms with Gasteiger partial charge in [-0.25, -0.2) is 0 Å². The molecule has 1 heterocycles. The van der Waals surface area contributed by atoms with Crippen molar-refractivity contribution in [3.8, 4) is 0 Å². The fourth-order valence-electron chi connectivity index (χ4n) is 2.46. The molecule has 0 saturated carbocycles. The topological polar surface area (TPSA) is 42.6 Å². The zero-order chi connectivity index (χ0) is 13.4. The van der Waals surface area contributed by atoms with E-state index in [0.717, 1.165) is 26.4 Å². The highest BCUT2D eigenvalue weighted by molar-refractivity contribution is 4.87. The highest BCUT2D eigenvalue weighted by Gasteiger charge is 2.29. The highest BCUT2D eigenvalue weighted by Crippen LogP contribution is 2.18. The fourth-order valence-corrected chi connectivity index (χ4v) is 2.46. The van der Waals surface area contributed by atoms with Crippen LogP contribution in [-0.2, 0) is 0 Å². The summed E-state index contributed by atoms with van der Waals surface area (Å²) in [6, 6.07) is 0. The Morgan fingerprint density at radius 2 is 1.28 bits per heavy atom. The highest BCUT2D eigenvalue weighted by atomic mass is 15.3. The molecular weight excluding hydrogens is 226 g/mol. The standard InChI is InChI=1S/C13H31N5/c1-17(2)9-5-7-13(8-6-10-18(3)4)15-11-14-12-16-13/h14-16H,5-12H2,1-4H3. The van der Waals surface area contributed by atoms with Crippen LogP contribution in [0.15, 0.2) is 0 Å². The lowest BCUT2D eigenvalue weighted by atomic mass is 9.96. The van der Waals surface area contributed by atoms with Gasteiger partial charge in [0.05, 0.1) is 5.66 Å². The van der Waals surface area contributed by atoms with Crippen LogP contribution in [0.5, 0.6) is 0 Å². The molecule has 0 atom stereocenters. The first-order valence-corrected chi connectivity index (χ1v) is 7.04. The minimum atomic E-state index is 0.136. The van der Waals surface area contributed by atoms with Crippen LogP contribution in [0, 0.1) is 0 Å². The maximum Gasteiger partial charge on any atom is 0.0707 e. The second-order valence-corrected chi connectivity index (χ2v) is 5.85. The van der Waals surface area contributed by atoms with Gasteiger partial charge in [-0.1, -0.05) is 0 Å². The van der Waals surface area contributed by atoms with Gasteiger partial charge in [0.2, 0.25) is 0 Å². The van der Waals surface area contributed by atoms with E-state index in [1.807, 2.05) is 0 Å². The summed E-state index contributed by atoms with van der Waals surface area (Å²) >= 11 is 0. The summed E-state index contributed by atoms with van der Waals surface area (Å²) < 4.78 is 0. The number of hydrogen-bond acceptors (Lipinski definition) is 5. The van der Waals surface area contributed by atoms with Gasteiger partial charge in [-0.2, -0.15) is 0 Å². The third-order valence-electron chi connectivity index (χ3n) is 3.52. The van der Waals surface area contributed by atoms with Gasteiger partial charge in [-0.3, -0.25) is 16.0 Å². The molecular formula is C13H31N5. The van der Waals surface area contributed by atoms with Crippen LogP contribution in [0.3, 0.4) is 0 Å². The molecule has 3 N–H and O–H groups in total. The normalized spacial score (nSPS) is 19.7. The van der Waals surface area contributed by atoms with Gasteiger partial charge in [0.25, 0.3) is 0 Å². The third kappa shape index (κ3) is 6.11. The van der Waals surface area contributed by atoms with Crippen molar-refractivity contribution in [3.63, 3.8) is 0 Å². The summed E-state index contributed by atoms with van der Waals surface area (Å²) in [6.07, 6.45) is 4.85. The Labute approximate surface area is 112 Å². The predicted octanol–water partition coefficient (Wildman–Crippen LogP) is 0.0637. The van der Waals surface area contributed by atoms with Gasteiger partial charge in [0, 0.05) is 13.3 Å². The summed E-state index contributed by atoms with van der Waals surface area (Å²) in [6.45, 7) is 4.15. The monoisotopic (exact) mass is 257 g/mol. The molecule has 0 amide bonds. The Hall–Kier alpha value is -0.200. The molecule has 108 valence electrons. The van der Waals surface area contributed by atoms with E-state index >= 15 is 0 Å². The smallest absolute Gasteiger partial charge is 0.0707 e. The van der Waals surface area contributed by atoms with Crippen molar-refractivity contribution < 1.29 is 0 Å². The van der Waals surface area contributed by atoms with Crippen LogP contribution < -0.4 is 16.0 Å². The zero-order valence-corrected chi connectivity index (χ0v) is 12.6. The number of rotatable bonds is 8. The molecule has 1 rings (SSSR count). The Morgan fingerprint density at radius 3 is 1.67 bits per heavy atom. The summed E-state index contributed by atoms with van der Waals surface area (Å²) in [7, 11) is 8.56. The second kappa shape index (κ2) is 8.07. The Bertz CT molecular complexity index is 195. The van der Waals surface area contributed by atoms with Gasteiger partial charge in [0.15, 0.2) is 0 Å². The van der Waals surface area contributed by atoms with E-state index in [-0.39, 0.29) is 5.66 Å². The van der Waals surface area contributed by atoms with Crippen molar-refractivity contribution in [3.05, 3.63) is 0 Å². The van der Waals surface area contributed by atoms with E-state index in [0.29, 0.717) is 0 Å². The first-order chi connectivity index (χ1) is 8.54. The molecule has 0 aromatic rings. The molecule has 1 saturated heterocycles. The fraction of sp³-hybridized carbons (Fsp3) is 1.00. The first kappa shape index (κ1) is 15.9. The van der Waals surface area contributed by atoms with E-state index in [2.05, 4.69) is 53.9 Å². The van der Waals surface area contributed by atoms with Crippen molar-refractivity contribution in [2.24, 2.45) is 0 Å². The van der Waals surface area contributed by atoms with E-state index in [1.54, 1.807) is 0 Å². The molecule has 0 spiro atoms. The van der Waals surface area contributed by atoms with Crippen molar-refractivity contribution in [2.45, 2.75) is 31.3 Å². The van der Waals surface area contributed by atoms with Crippen molar-refractivity contribution >= 4 is 0 Å². The minimum absolute atomic E-state index is 0.136. The average Bonchev–Trinajstić information content (AvgIpc) is 2.29. The third-order valence-corrected chi connectivity index (χ3v) is 3.52. The quantitative estimate of drug-likeness (QED) is 0.574.